The molecule has 0 amide bonds. The van der Waals surface area contributed by atoms with E-state index in [1.807, 2.05) is 12.1 Å². The zero-order valence-corrected chi connectivity index (χ0v) is 20.4. The third kappa shape index (κ3) is 10.3. The van der Waals surface area contributed by atoms with Crippen LogP contribution in [0.15, 0.2) is 40.5 Å². The van der Waals surface area contributed by atoms with Gasteiger partial charge in [0.25, 0.3) is 0 Å². The van der Waals surface area contributed by atoms with E-state index in [1.165, 1.54) is 12.1 Å². The van der Waals surface area contributed by atoms with E-state index in [-0.39, 0.29) is 29.8 Å². The summed E-state index contributed by atoms with van der Waals surface area (Å²) in [7, 11) is 0. The monoisotopic (exact) mass is 534 g/mol. The predicted molar refractivity (Wildman–Crippen MR) is 130 cm³/mol. The molecule has 1 heterocycles. The molecular formula is C20H32FIN6S. The van der Waals surface area contributed by atoms with Crippen LogP contribution in [0.2, 0.25) is 0 Å². The van der Waals surface area contributed by atoms with Crippen molar-refractivity contribution in [2.45, 2.75) is 51.0 Å². The lowest BCUT2D eigenvalue weighted by atomic mass is 10.3. The standard InChI is InChI=1S/C20H31FN6S.HI/c1-3-5-11-22-20(24-13-14-27-16-25-26-19(27)4-2)23-12-6-15-28-18-9-7-17(21)8-10-18;/h7-10,16H,3-6,11-15H2,1-2H3,(H2,22,23,24);1H. The van der Waals surface area contributed by atoms with Gasteiger partial charge >= 0.3 is 0 Å². The molecule has 9 heteroatoms. The number of aliphatic imine (C=N–C) groups is 1. The molecule has 0 unspecified atom stereocenters. The lowest BCUT2D eigenvalue weighted by Gasteiger charge is -2.13. The first-order valence-corrected chi connectivity index (χ1v) is 11.0. The van der Waals surface area contributed by atoms with Crippen molar-refractivity contribution in [3.8, 4) is 0 Å². The average molecular weight is 534 g/mol. The summed E-state index contributed by atoms with van der Waals surface area (Å²) in [5.41, 5.74) is 0. The number of hydrogen-bond donors (Lipinski definition) is 2. The summed E-state index contributed by atoms with van der Waals surface area (Å²) in [6, 6.07) is 6.63. The first kappa shape index (κ1) is 25.7. The molecule has 2 rings (SSSR count). The number of benzene rings is 1. The molecule has 6 nitrogen and oxygen atoms in total. The summed E-state index contributed by atoms with van der Waals surface area (Å²) in [4.78, 5) is 5.77. The van der Waals surface area contributed by atoms with Crippen molar-refractivity contribution < 1.29 is 4.39 Å². The van der Waals surface area contributed by atoms with Crippen LogP contribution in [0.1, 0.15) is 38.9 Å². The van der Waals surface area contributed by atoms with Crippen molar-refractivity contribution in [3.05, 3.63) is 42.2 Å². The third-order valence-electron chi connectivity index (χ3n) is 4.13. The second-order valence-electron chi connectivity index (χ2n) is 6.39. The molecule has 0 radical (unpaired) electrons. The summed E-state index contributed by atoms with van der Waals surface area (Å²) in [6.07, 6.45) is 5.88. The molecule has 0 aliphatic heterocycles. The molecule has 0 saturated heterocycles. The van der Waals surface area contributed by atoms with Gasteiger partial charge in [0.1, 0.15) is 18.0 Å². The molecule has 0 aliphatic carbocycles. The van der Waals surface area contributed by atoms with Crippen LogP contribution in [0.5, 0.6) is 0 Å². The van der Waals surface area contributed by atoms with E-state index in [4.69, 9.17) is 0 Å². The Kier molecular flexibility index (Phi) is 13.7. The molecule has 1 aromatic heterocycles. The van der Waals surface area contributed by atoms with Gasteiger partial charge in [-0.15, -0.1) is 45.9 Å². The Labute approximate surface area is 194 Å². The van der Waals surface area contributed by atoms with Crippen molar-refractivity contribution >= 4 is 41.7 Å². The SMILES string of the molecule is CCCCNC(=NCCCSc1ccc(F)cc1)NCCn1cnnc1CC.I. The van der Waals surface area contributed by atoms with E-state index < -0.39 is 0 Å². The van der Waals surface area contributed by atoms with Crippen molar-refractivity contribution in [1.29, 1.82) is 0 Å². The van der Waals surface area contributed by atoms with Gasteiger partial charge in [0.05, 0.1) is 0 Å². The topological polar surface area (TPSA) is 67.1 Å². The summed E-state index contributed by atoms with van der Waals surface area (Å²) in [6.45, 7) is 7.51. The molecule has 1 aromatic carbocycles. The van der Waals surface area contributed by atoms with Gasteiger partial charge in [-0.2, -0.15) is 0 Å². The minimum atomic E-state index is -0.194. The zero-order valence-electron chi connectivity index (χ0n) is 17.2. The molecule has 162 valence electrons. The maximum Gasteiger partial charge on any atom is 0.191 e. The van der Waals surface area contributed by atoms with E-state index >= 15 is 0 Å². The smallest absolute Gasteiger partial charge is 0.191 e. The first-order valence-electron chi connectivity index (χ1n) is 10.00. The zero-order chi connectivity index (χ0) is 20.0. The van der Waals surface area contributed by atoms with Crippen molar-refractivity contribution in [3.63, 3.8) is 0 Å². The minimum absolute atomic E-state index is 0. The van der Waals surface area contributed by atoms with Crippen LogP contribution in [-0.2, 0) is 13.0 Å². The molecule has 0 spiro atoms. The molecule has 0 fully saturated rings. The Bertz CT molecular complexity index is 707. The second-order valence-corrected chi connectivity index (χ2v) is 7.56. The van der Waals surface area contributed by atoms with Crippen LogP contribution in [0.3, 0.4) is 0 Å². The number of halogens is 2. The fourth-order valence-corrected chi connectivity index (χ4v) is 3.41. The molecule has 29 heavy (non-hydrogen) atoms. The Balaban J connectivity index is 0.00000420. The summed E-state index contributed by atoms with van der Waals surface area (Å²) in [5, 5.41) is 14.9. The Morgan fingerprint density at radius 1 is 1.14 bits per heavy atom. The Morgan fingerprint density at radius 2 is 1.90 bits per heavy atom. The highest BCUT2D eigenvalue weighted by Crippen LogP contribution is 2.18. The van der Waals surface area contributed by atoms with Crippen molar-refractivity contribution in [2.24, 2.45) is 4.99 Å². The number of aromatic nitrogens is 3. The summed E-state index contributed by atoms with van der Waals surface area (Å²) in [5.74, 6) is 2.61. The van der Waals surface area contributed by atoms with Crippen LogP contribution in [-0.4, -0.2) is 46.1 Å². The Hall–Kier alpha value is -1.36. The van der Waals surface area contributed by atoms with Gasteiger partial charge in [0, 0.05) is 37.5 Å². The molecule has 0 bridgehead atoms. The normalized spacial score (nSPS) is 11.2. The second kappa shape index (κ2) is 15.5. The number of rotatable bonds is 12. The number of nitrogens with zero attached hydrogens (tertiary/aromatic N) is 4. The van der Waals surface area contributed by atoms with E-state index in [0.29, 0.717) is 0 Å². The van der Waals surface area contributed by atoms with Crippen LogP contribution >= 0.6 is 35.7 Å². The van der Waals surface area contributed by atoms with Crippen molar-refractivity contribution in [1.82, 2.24) is 25.4 Å². The number of thioether (sulfide) groups is 1. The van der Waals surface area contributed by atoms with Gasteiger partial charge in [-0.1, -0.05) is 20.3 Å². The van der Waals surface area contributed by atoms with Gasteiger partial charge in [0.15, 0.2) is 5.96 Å². The number of unbranched alkanes of at least 4 members (excludes halogenated alkanes) is 1. The van der Waals surface area contributed by atoms with Crippen LogP contribution < -0.4 is 10.6 Å². The van der Waals surface area contributed by atoms with Gasteiger partial charge < -0.3 is 15.2 Å². The van der Waals surface area contributed by atoms with Crippen LogP contribution in [0.25, 0.3) is 0 Å². The number of hydrogen-bond acceptors (Lipinski definition) is 4. The molecule has 0 saturated carbocycles. The van der Waals surface area contributed by atoms with Crippen LogP contribution in [0.4, 0.5) is 4.39 Å². The third-order valence-corrected chi connectivity index (χ3v) is 5.23. The predicted octanol–water partition coefficient (Wildman–Crippen LogP) is 4.12. The number of nitrogens with one attached hydrogen (secondary N) is 2. The van der Waals surface area contributed by atoms with Crippen molar-refractivity contribution in [2.75, 3.05) is 25.4 Å². The first-order chi connectivity index (χ1) is 13.7. The maximum absolute atomic E-state index is 12.9. The van der Waals surface area contributed by atoms with Gasteiger partial charge in [-0.25, -0.2) is 4.39 Å². The molecular weight excluding hydrogens is 502 g/mol. The fourth-order valence-electron chi connectivity index (χ4n) is 2.57. The highest BCUT2D eigenvalue weighted by Gasteiger charge is 2.03. The van der Waals surface area contributed by atoms with E-state index in [9.17, 15) is 4.39 Å². The fraction of sp³-hybridized carbons (Fsp3) is 0.550. The van der Waals surface area contributed by atoms with Crippen LogP contribution in [0, 0.1) is 5.82 Å². The average Bonchev–Trinajstić information content (AvgIpc) is 3.16. The van der Waals surface area contributed by atoms with E-state index in [0.717, 1.165) is 74.3 Å². The van der Waals surface area contributed by atoms with Gasteiger partial charge in [-0.3, -0.25) is 4.99 Å². The number of aryl methyl sites for hydroxylation is 1. The minimum Gasteiger partial charge on any atom is -0.356 e. The Morgan fingerprint density at radius 3 is 2.62 bits per heavy atom. The highest BCUT2D eigenvalue weighted by molar-refractivity contribution is 14.0. The lowest BCUT2D eigenvalue weighted by molar-refractivity contribution is 0.626. The quantitative estimate of drug-likeness (QED) is 0.141. The van der Waals surface area contributed by atoms with Gasteiger partial charge in [-0.05, 0) is 42.9 Å². The molecule has 0 aliphatic rings. The highest BCUT2D eigenvalue weighted by atomic mass is 127. The lowest BCUT2D eigenvalue weighted by Crippen LogP contribution is -2.39. The molecule has 2 aromatic rings. The van der Waals surface area contributed by atoms with Gasteiger partial charge in [0.2, 0.25) is 0 Å². The number of guanidine groups is 1. The maximum atomic E-state index is 12.9. The summed E-state index contributed by atoms with van der Waals surface area (Å²) >= 11 is 1.73. The summed E-state index contributed by atoms with van der Waals surface area (Å²) < 4.78 is 15.0. The van der Waals surface area contributed by atoms with E-state index in [2.05, 4.69) is 44.2 Å². The molecule has 0 atom stereocenters. The van der Waals surface area contributed by atoms with E-state index in [1.54, 1.807) is 18.1 Å². The largest absolute Gasteiger partial charge is 0.356 e. The molecule has 2 N–H and O–H groups in total.